The van der Waals surface area contributed by atoms with Crippen LogP contribution in [0.3, 0.4) is 0 Å². The van der Waals surface area contributed by atoms with Gasteiger partial charge in [0.25, 0.3) is 0 Å². The molecule has 242 valence electrons. The second kappa shape index (κ2) is 20.5. The van der Waals surface area contributed by atoms with Crippen molar-refractivity contribution in [3.63, 3.8) is 0 Å². The monoisotopic (exact) mass is 632 g/mol. The van der Waals surface area contributed by atoms with Crippen LogP contribution in [-0.2, 0) is 4.74 Å². The molecule has 0 aliphatic carbocycles. The van der Waals surface area contributed by atoms with Crippen molar-refractivity contribution in [3.8, 4) is 11.5 Å². The Labute approximate surface area is 273 Å². The number of carbonyl (C=O) groups excluding carboxylic acids is 3. The summed E-state index contributed by atoms with van der Waals surface area (Å²) in [6.07, 6.45) is 13.9. The van der Waals surface area contributed by atoms with Gasteiger partial charge in [-0.05, 0) is 111 Å². The van der Waals surface area contributed by atoms with Gasteiger partial charge in [0, 0.05) is 10.5 Å². The van der Waals surface area contributed by atoms with E-state index in [2.05, 4.69) is 13.8 Å². The van der Waals surface area contributed by atoms with Crippen LogP contribution in [0.4, 0.5) is 0 Å². The topological polar surface area (TPSA) is 78.9 Å². The van der Waals surface area contributed by atoms with Crippen molar-refractivity contribution in [1.82, 2.24) is 0 Å². The van der Waals surface area contributed by atoms with Crippen LogP contribution >= 0.6 is 11.8 Å². The molecule has 0 spiro atoms. The third-order valence-electron chi connectivity index (χ3n) is 7.48. The number of hydrogen-bond acceptors (Lipinski definition) is 7. The molecule has 45 heavy (non-hydrogen) atoms. The minimum atomic E-state index is -0.527. The molecule has 6 nitrogen and oxygen atoms in total. The fourth-order valence-corrected chi connectivity index (χ4v) is 5.49. The third kappa shape index (κ3) is 13.5. The molecule has 0 saturated carbocycles. The second-order valence-electron chi connectivity index (χ2n) is 11.4. The quantitative estimate of drug-likeness (QED) is 0.0531. The third-order valence-corrected chi connectivity index (χ3v) is 8.41. The van der Waals surface area contributed by atoms with Gasteiger partial charge in [0.2, 0.25) is 5.12 Å². The normalized spacial score (nSPS) is 11.5. The van der Waals surface area contributed by atoms with Crippen molar-refractivity contribution in [2.75, 3.05) is 6.61 Å². The highest BCUT2D eigenvalue weighted by Crippen LogP contribution is 2.25. The Kier molecular flexibility index (Phi) is 16.3. The molecular formula is C38H48O6S. The van der Waals surface area contributed by atoms with E-state index in [-0.39, 0.29) is 17.2 Å². The standard InChI is InChI=1S/C38H48O6S/c1-4-6-8-10-11-12-14-28-42-33-22-18-32(19-23-33)38(41)45-35-26-20-31(21-27-35)37(40)44-34-24-16-30(17-25-34)36(39)43-29(3)15-13-9-7-5-2/h16-27,29H,4-15,28H2,1-3H3. The highest BCUT2D eigenvalue weighted by molar-refractivity contribution is 8.14. The van der Waals surface area contributed by atoms with Crippen LogP contribution in [0.15, 0.2) is 77.7 Å². The Balaban J connectivity index is 1.40. The van der Waals surface area contributed by atoms with E-state index in [1.165, 1.54) is 51.4 Å². The van der Waals surface area contributed by atoms with Gasteiger partial charge in [-0.1, -0.05) is 71.6 Å². The molecule has 3 aromatic rings. The number of carbonyl (C=O) groups is 3. The number of esters is 2. The van der Waals surface area contributed by atoms with E-state index >= 15 is 0 Å². The molecular weight excluding hydrogens is 584 g/mol. The summed E-state index contributed by atoms with van der Waals surface area (Å²) in [4.78, 5) is 38.6. The highest BCUT2D eigenvalue weighted by Gasteiger charge is 2.15. The van der Waals surface area contributed by atoms with E-state index in [0.717, 1.165) is 48.1 Å². The molecule has 1 atom stereocenters. The fourth-order valence-electron chi connectivity index (χ4n) is 4.75. The zero-order valence-corrected chi connectivity index (χ0v) is 27.9. The number of unbranched alkanes of at least 4 members (excludes halogenated alkanes) is 9. The number of rotatable bonds is 20. The fraction of sp³-hybridized carbons (Fsp3) is 0.447. The molecule has 3 rings (SSSR count). The summed E-state index contributed by atoms with van der Waals surface area (Å²) in [6, 6.07) is 20.3. The Hall–Kier alpha value is -3.58. The van der Waals surface area contributed by atoms with Gasteiger partial charge in [0.05, 0.1) is 23.8 Å². The molecule has 0 bridgehead atoms. The lowest BCUT2D eigenvalue weighted by atomic mass is 10.1. The molecule has 0 aliphatic rings. The largest absolute Gasteiger partial charge is 0.494 e. The molecule has 0 radical (unpaired) electrons. The molecule has 3 aromatic carbocycles. The maximum absolute atomic E-state index is 12.8. The van der Waals surface area contributed by atoms with Crippen LogP contribution < -0.4 is 9.47 Å². The van der Waals surface area contributed by atoms with Crippen molar-refractivity contribution in [1.29, 1.82) is 0 Å². The summed E-state index contributed by atoms with van der Waals surface area (Å²) in [7, 11) is 0. The summed E-state index contributed by atoms with van der Waals surface area (Å²) in [6.45, 7) is 6.99. The number of thioether (sulfide) groups is 1. The van der Waals surface area contributed by atoms with Crippen LogP contribution in [0.2, 0.25) is 0 Å². The molecule has 0 aromatic heterocycles. The molecule has 0 saturated heterocycles. The summed E-state index contributed by atoms with van der Waals surface area (Å²) in [5, 5.41) is -0.0894. The van der Waals surface area contributed by atoms with Gasteiger partial charge in [-0.2, -0.15) is 0 Å². The molecule has 0 N–H and O–H groups in total. The summed E-state index contributed by atoms with van der Waals surface area (Å²) in [5.74, 6) is 0.179. The van der Waals surface area contributed by atoms with Gasteiger partial charge in [-0.25, -0.2) is 9.59 Å². The van der Waals surface area contributed by atoms with Crippen LogP contribution in [0.5, 0.6) is 11.5 Å². The Morgan fingerprint density at radius 2 is 1.11 bits per heavy atom. The Morgan fingerprint density at radius 1 is 0.600 bits per heavy atom. The summed E-state index contributed by atoms with van der Waals surface area (Å²) < 4.78 is 16.8. The van der Waals surface area contributed by atoms with Crippen LogP contribution in [0.1, 0.15) is 129 Å². The lowest BCUT2D eigenvalue weighted by Crippen LogP contribution is -2.15. The van der Waals surface area contributed by atoms with E-state index in [4.69, 9.17) is 14.2 Å². The van der Waals surface area contributed by atoms with Crippen LogP contribution in [0.25, 0.3) is 0 Å². The van der Waals surface area contributed by atoms with Crippen molar-refractivity contribution < 1.29 is 28.6 Å². The smallest absolute Gasteiger partial charge is 0.343 e. The molecule has 1 unspecified atom stereocenters. The highest BCUT2D eigenvalue weighted by atomic mass is 32.2. The Morgan fingerprint density at radius 3 is 1.76 bits per heavy atom. The van der Waals surface area contributed by atoms with Gasteiger partial charge in [-0.15, -0.1) is 0 Å². The van der Waals surface area contributed by atoms with E-state index in [0.29, 0.717) is 29.0 Å². The van der Waals surface area contributed by atoms with Crippen molar-refractivity contribution in [2.45, 2.75) is 109 Å². The SMILES string of the molecule is CCCCCCCCCOc1ccc(C(=O)Sc2ccc(C(=O)Oc3ccc(C(=O)OC(C)CCCCCC)cc3)cc2)cc1. The van der Waals surface area contributed by atoms with Gasteiger partial charge in [-0.3, -0.25) is 4.79 Å². The average molecular weight is 633 g/mol. The summed E-state index contributed by atoms with van der Waals surface area (Å²) in [5.41, 5.74) is 1.35. The zero-order valence-electron chi connectivity index (χ0n) is 27.1. The van der Waals surface area contributed by atoms with E-state index < -0.39 is 5.97 Å². The van der Waals surface area contributed by atoms with Crippen LogP contribution in [-0.4, -0.2) is 29.8 Å². The minimum Gasteiger partial charge on any atom is -0.494 e. The molecule has 0 amide bonds. The predicted molar refractivity (Wildman–Crippen MR) is 182 cm³/mol. The summed E-state index contributed by atoms with van der Waals surface area (Å²) >= 11 is 1.10. The maximum atomic E-state index is 12.8. The number of ether oxygens (including phenoxy) is 3. The van der Waals surface area contributed by atoms with Crippen molar-refractivity contribution in [3.05, 3.63) is 89.5 Å². The van der Waals surface area contributed by atoms with Gasteiger partial charge in [0.15, 0.2) is 0 Å². The number of benzene rings is 3. The first kappa shape index (κ1) is 35.9. The first-order chi connectivity index (χ1) is 21.9. The lowest BCUT2D eigenvalue weighted by Gasteiger charge is -2.13. The molecule has 0 aliphatic heterocycles. The zero-order chi connectivity index (χ0) is 32.3. The average Bonchev–Trinajstić information content (AvgIpc) is 3.05. The maximum Gasteiger partial charge on any atom is 0.343 e. The van der Waals surface area contributed by atoms with Gasteiger partial charge in [0.1, 0.15) is 11.5 Å². The second-order valence-corrected chi connectivity index (χ2v) is 12.4. The first-order valence-corrected chi connectivity index (χ1v) is 17.3. The number of hydrogen-bond donors (Lipinski definition) is 0. The first-order valence-electron chi connectivity index (χ1n) is 16.5. The lowest BCUT2D eigenvalue weighted by molar-refractivity contribution is 0.0319. The minimum absolute atomic E-state index is 0.0894. The van der Waals surface area contributed by atoms with Crippen LogP contribution in [0, 0.1) is 0 Å². The molecule has 0 fully saturated rings. The van der Waals surface area contributed by atoms with E-state index in [1.54, 1.807) is 60.7 Å². The predicted octanol–water partition coefficient (Wildman–Crippen LogP) is 10.5. The van der Waals surface area contributed by atoms with Crippen molar-refractivity contribution >= 4 is 28.8 Å². The van der Waals surface area contributed by atoms with E-state index in [1.807, 2.05) is 19.1 Å². The molecule has 7 heteroatoms. The van der Waals surface area contributed by atoms with Gasteiger partial charge < -0.3 is 14.2 Å². The van der Waals surface area contributed by atoms with Gasteiger partial charge >= 0.3 is 11.9 Å². The van der Waals surface area contributed by atoms with E-state index in [9.17, 15) is 14.4 Å². The van der Waals surface area contributed by atoms with Crippen molar-refractivity contribution in [2.24, 2.45) is 0 Å². The Bertz CT molecular complexity index is 1300. The molecule has 0 heterocycles.